The van der Waals surface area contributed by atoms with Gasteiger partial charge in [-0.05, 0) is 18.2 Å². The van der Waals surface area contributed by atoms with Gasteiger partial charge in [-0.25, -0.2) is 9.97 Å². The van der Waals surface area contributed by atoms with E-state index < -0.39 is 0 Å². The number of hydrogen-bond donors (Lipinski definition) is 2. The Kier molecular flexibility index (Phi) is 3.76. The number of aromatic nitrogens is 3. The summed E-state index contributed by atoms with van der Waals surface area (Å²) in [5, 5.41) is 6.45. The Bertz CT molecular complexity index is 1040. The molecular formula is C17H11ClN4OS. The number of thiazole rings is 1. The third kappa shape index (κ3) is 2.66. The number of fused-ring (bicyclic) bond motifs is 1. The zero-order chi connectivity index (χ0) is 16.5. The molecule has 0 radical (unpaired) electrons. The smallest absolute Gasteiger partial charge is 0.260 e. The van der Waals surface area contributed by atoms with E-state index in [-0.39, 0.29) is 11.1 Å². The highest BCUT2D eigenvalue weighted by Crippen LogP contribution is 2.31. The number of H-pyrrole nitrogens is 1. The largest absolute Gasteiger partial charge is 0.360 e. The van der Waals surface area contributed by atoms with Crippen molar-refractivity contribution in [3.05, 3.63) is 64.9 Å². The third-order valence-electron chi connectivity index (χ3n) is 3.59. The molecule has 7 heteroatoms. The SMILES string of the molecule is O=C(Nc1nc(-c2c[nH]c3ccccc23)cs1)c1cccnc1Cl. The average Bonchev–Trinajstić information content (AvgIpc) is 3.21. The molecule has 4 aromatic rings. The molecule has 0 bridgehead atoms. The number of anilines is 1. The van der Waals surface area contributed by atoms with E-state index in [1.165, 1.54) is 17.5 Å². The predicted octanol–water partition coefficient (Wildman–Crippen LogP) is 4.59. The Morgan fingerprint density at radius 3 is 2.96 bits per heavy atom. The number of para-hydroxylation sites is 1. The van der Waals surface area contributed by atoms with Crippen molar-refractivity contribution in [1.29, 1.82) is 0 Å². The van der Waals surface area contributed by atoms with E-state index in [9.17, 15) is 4.79 Å². The van der Waals surface area contributed by atoms with Crippen LogP contribution in [-0.2, 0) is 0 Å². The second-order valence-electron chi connectivity index (χ2n) is 5.08. The quantitative estimate of drug-likeness (QED) is 0.528. The number of rotatable bonds is 3. The molecule has 1 amide bonds. The maximum atomic E-state index is 12.3. The fraction of sp³-hybridized carbons (Fsp3) is 0. The maximum absolute atomic E-state index is 12.3. The molecule has 0 aliphatic rings. The lowest BCUT2D eigenvalue weighted by Crippen LogP contribution is -2.12. The van der Waals surface area contributed by atoms with Gasteiger partial charge in [-0.2, -0.15) is 0 Å². The van der Waals surface area contributed by atoms with Gasteiger partial charge in [0.1, 0.15) is 5.15 Å². The fourth-order valence-electron chi connectivity index (χ4n) is 2.46. The first-order valence-corrected chi connectivity index (χ1v) is 8.42. The lowest BCUT2D eigenvalue weighted by Gasteiger charge is -2.02. The van der Waals surface area contributed by atoms with Gasteiger partial charge in [0.25, 0.3) is 5.91 Å². The molecule has 0 fully saturated rings. The topological polar surface area (TPSA) is 70.7 Å². The zero-order valence-electron chi connectivity index (χ0n) is 12.3. The van der Waals surface area contributed by atoms with Gasteiger partial charge in [-0.3, -0.25) is 10.1 Å². The van der Waals surface area contributed by atoms with Gasteiger partial charge in [0.15, 0.2) is 5.13 Å². The molecule has 3 aromatic heterocycles. The molecule has 24 heavy (non-hydrogen) atoms. The number of aromatic amines is 1. The van der Waals surface area contributed by atoms with E-state index in [0.717, 1.165) is 22.2 Å². The number of halogens is 1. The lowest BCUT2D eigenvalue weighted by molar-refractivity contribution is 0.102. The van der Waals surface area contributed by atoms with E-state index >= 15 is 0 Å². The van der Waals surface area contributed by atoms with Crippen molar-refractivity contribution in [1.82, 2.24) is 15.0 Å². The van der Waals surface area contributed by atoms with Gasteiger partial charge >= 0.3 is 0 Å². The number of hydrogen-bond acceptors (Lipinski definition) is 4. The molecule has 0 saturated carbocycles. The van der Waals surface area contributed by atoms with Crippen molar-refractivity contribution in [2.24, 2.45) is 0 Å². The summed E-state index contributed by atoms with van der Waals surface area (Å²) in [7, 11) is 0. The highest BCUT2D eigenvalue weighted by atomic mass is 35.5. The van der Waals surface area contributed by atoms with Crippen LogP contribution >= 0.6 is 22.9 Å². The number of benzene rings is 1. The van der Waals surface area contributed by atoms with Crippen LogP contribution in [0.3, 0.4) is 0 Å². The number of carbonyl (C=O) groups excluding carboxylic acids is 1. The standard InChI is InChI=1S/C17H11ClN4OS/c18-15-11(5-3-7-19-15)16(23)22-17-21-14(9-24-17)12-8-20-13-6-2-1-4-10(12)13/h1-9,20H,(H,21,22,23). The summed E-state index contributed by atoms with van der Waals surface area (Å²) in [4.78, 5) is 23.9. The molecule has 0 aliphatic heterocycles. The van der Waals surface area contributed by atoms with E-state index in [4.69, 9.17) is 11.6 Å². The molecule has 2 N–H and O–H groups in total. The van der Waals surface area contributed by atoms with Crippen molar-refractivity contribution in [3.63, 3.8) is 0 Å². The van der Waals surface area contributed by atoms with Crippen LogP contribution < -0.4 is 5.32 Å². The van der Waals surface area contributed by atoms with Gasteiger partial charge in [-0.15, -0.1) is 11.3 Å². The molecule has 3 heterocycles. The van der Waals surface area contributed by atoms with Gasteiger partial charge in [0.05, 0.1) is 11.3 Å². The second kappa shape index (κ2) is 6.07. The Morgan fingerprint density at radius 2 is 2.08 bits per heavy atom. The van der Waals surface area contributed by atoms with Crippen molar-refractivity contribution < 1.29 is 4.79 Å². The van der Waals surface area contributed by atoms with Crippen LogP contribution in [0.25, 0.3) is 22.2 Å². The summed E-state index contributed by atoms with van der Waals surface area (Å²) >= 11 is 7.31. The van der Waals surface area contributed by atoms with Crippen LogP contribution in [-0.4, -0.2) is 20.9 Å². The van der Waals surface area contributed by atoms with Crippen molar-refractivity contribution >= 4 is 44.9 Å². The number of pyridine rings is 1. The van der Waals surface area contributed by atoms with Crippen molar-refractivity contribution in [2.45, 2.75) is 0 Å². The molecular weight excluding hydrogens is 344 g/mol. The Morgan fingerprint density at radius 1 is 1.21 bits per heavy atom. The summed E-state index contributed by atoms with van der Waals surface area (Å²) < 4.78 is 0. The minimum Gasteiger partial charge on any atom is -0.360 e. The Balaban J connectivity index is 1.61. The highest BCUT2D eigenvalue weighted by Gasteiger charge is 2.14. The molecule has 0 atom stereocenters. The molecule has 0 aliphatic carbocycles. The van der Waals surface area contributed by atoms with Gasteiger partial charge in [-0.1, -0.05) is 29.8 Å². The first-order valence-electron chi connectivity index (χ1n) is 7.16. The van der Waals surface area contributed by atoms with Crippen LogP contribution in [0.1, 0.15) is 10.4 Å². The molecule has 0 saturated heterocycles. The maximum Gasteiger partial charge on any atom is 0.260 e. The van der Waals surface area contributed by atoms with Crippen LogP contribution in [0.5, 0.6) is 0 Å². The lowest BCUT2D eigenvalue weighted by atomic mass is 10.1. The minimum absolute atomic E-state index is 0.170. The van der Waals surface area contributed by atoms with Crippen molar-refractivity contribution in [3.8, 4) is 11.3 Å². The second-order valence-corrected chi connectivity index (χ2v) is 6.30. The van der Waals surface area contributed by atoms with Crippen LogP contribution in [0, 0.1) is 0 Å². The number of nitrogens with one attached hydrogen (secondary N) is 2. The summed E-state index contributed by atoms with van der Waals surface area (Å²) in [5.41, 5.74) is 3.18. The van der Waals surface area contributed by atoms with Gasteiger partial charge in [0.2, 0.25) is 0 Å². The molecule has 0 spiro atoms. The Hall–Kier alpha value is -2.70. The summed E-state index contributed by atoms with van der Waals surface area (Å²) in [6.45, 7) is 0. The fourth-order valence-corrected chi connectivity index (χ4v) is 3.37. The molecule has 0 unspecified atom stereocenters. The van der Waals surface area contributed by atoms with E-state index in [0.29, 0.717) is 10.7 Å². The average molecular weight is 355 g/mol. The van der Waals surface area contributed by atoms with E-state index in [1.54, 1.807) is 12.1 Å². The van der Waals surface area contributed by atoms with E-state index in [1.807, 2.05) is 35.8 Å². The number of carbonyl (C=O) groups is 1. The first kappa shape index (κ1) is 14.9. The molecule has 1 aromatic carbocycles. The monoisotopic (exact) mass is 354 g/mol. The predicted molar refractivity (Wildman–Crippen MR) is 96.6 cm³/mol. The first-order chi connectivity index (χ1) is 11.7. The number of amides is 1. The van der Waals surface area contributed by atoms with E-state index in [2.05, 4.69) is 20.3 Å². The van der Waals surface area contributed by atoms with Gasteiger partial charge < -0.3 is 4.98 Å². The number of nitrogens with zero attached hydrogens (tertiary/aromatic N) is 2. The highest BCUT2D eigenvalue weighted by molar-refractivity contribution is 7.14. The van der Waals surface area contributed by atoms with Crippen LogP contribution in [0.15, 0.2) is 54.2 Å². The Labute approximate surface area is 146 Å². The van der Waals surface area contributed by atoms with Gasteiger partial charge in [0, 0.05) is 34.2 Å². The minimum atomic E-state index is -0.326. The van der Waals surface area contributed by atoms with Crippen LogP contribution in [0.4, 0.5) is 5.13 Å². The summed E-state index contributed by atoms with van der Waals surface area (Å²) in [6, 6.07) is 11.3. The normalized spacial score (nSPS) is 10.9. The summed E-state index contributed by atoms with van der Waals surface area (Å²) in [5.74, 6) is -0.326. The summed E-state index contributed by atoms with van der Waals surface area (Å²) in [6.07, 6.45) is 3.46. The molecule has 118 valence electrons. The van der Waals surface area contributed by atoms with Crippen LogP contribution in [0.2, 0.25) is 5.15 Å². The zero-order valence-corrected chi connectivity index (χ0v) is 13.9. The third-order valence-corrected chi connectivity index (χ3v) is 4.65. The molecule has 4 rings (SSSR count). The molecule has 5 nitrogen and oxygen atoms in total. The van der Waals surface area contributed by atoms with Crippen molar-refractivity contribution in [2.75, 3.05) is 5.32 Å².